The number of H-pyrrole nitrogens is 1. The minimum absolute atomic E-state index is 0.113. The Morgan fingerprint density at radius 2 is 2.00 bits per heavy atom. The first-order valence-corrected chi connectivity index (χ1v) is 6.15. The van der Waals surface area contributed by atoms with Crippen molar-refractivity contribution in [2.45, 2.75) is 38.1 Å². The van der Waals surface area contributed by atoms with Crippen molar-refractivity contribution < 1.29 is 4.39 Å². The number of aromatic amines is 1. The van der Waals surface area contributed by atoms with Crippen molar-refractivity contribution in [3.8, 4) is 0 Å². The lowest BCUT2D eigenvalue weighted by Crippen LogP contribution is -2.23. The molecule has 1 aromatic heterocycles. The topological polar surface area (TPSA) is 37.8 Å². The monoisotopic (exact) mass is 234 g/mol. The van der Waals surface area contributed by atoms with Crippen LogP contribution >= 0.6 is 0 Å². The number of aromatic nitrogens is 2. The van der Waals surface area contributed by atoms with Crippen LogP contribution in [0.3, 0.4) is 0 Å². The molecule has 1 aliphatic rings. The lowest BCUT2D eigenvalue weighted by Gasteiger charge is -2.22. The van der Waals surface area contributed by atoms with E-state index < -0.39 is 0 Å². The maximum Gasteiger partial charge on any atom is 0.326 e. The SMILES string of the molecule is O=c1[nH]c2ccc(F)cc2n1C1CCCCC1. The van der Waals surface area contributed by atoms with E-state index in [1.54, 1.807) is 10.6 Å². The van der Waals surface area contributed by atoms with Crippen molar-refractivity contribution in [2.24, 2.45) is 0 Å². The van der Waals surface area contributed by atoms with Gasteiger partial charge in [0.05, 0.1) is 11.0 Å². The molecule has 0 atom stereocenters. The first kappa shape index (κ1) is 10.6. The van der Waals surface area contributed by atoms with Gasteiger partial charge in [0.1, 0.15) is 5.82 Å². The standard InChI is InChI=1S/C13H15FN2O/c14-9-6-7-11-12(8-9)16(13(17)15-11)10-4-2-1-3-5-10/h6-8,10H,1-5H2,(H,15,17). The van der Waals surface area contributed by atoms with Gasteiger partial charge in [-0.2, -0.15) is 0 Å². The van der Waals surface area contributed by atoms with Crippen molar-refractivity contribution in [3.05, 3.63) is 34.5 Å². The highest BCUT2D eigenvalue weighted by Crippen LogP contribution is 2.29. The first-order chi connectivity index (χ1) is 8.25. The van der Waals surface area contributed by atoms with E-state index in [-0.39, 0.29) is 17.5 Å². The maximum absolute atomic E-state index is 13.3. The van der Waals surface area contributed by atoms with Gasteiger partial charge in [-0.25, -0.2) is 9.18 Å². The Bertz CT molecular complexity index is 593. The highest BCUT2D eigenvalue weighted by molar-refractivity contribution is 5.75. The fraction of sp³-hybridized carbons (Fsp3) is 0.462. The molecule has 1 heterocycles. The largest absolute Gasteiger partial charge is 0.326 e. The number of hydrogen-bond donors (Lipinski definition) is 1. The zero-order chi connectivity index (χ0) is 11.8. The van der Waals surface area contributed by atoms with E-state index in [1.165, 1.54) is 18.6 Å². The molecule has 1 aliphatic carbocycles. The summed E-state index contributed by atoms with van der Waals surface area (Å²) in [5.74, 6) is -0.291. The van der Waals surface area contributed by atoms with Crippen LogP contribution in [0, 0.1) is 5.82 Å². The Hall–Kier alpha value is -1.58. The molecule has 0 aliphatic heterocycles. The third-order valence-electron chi connectivity index (χ3n) is 3.62. The summed E-state index contributed by atoms with van der Waals surface area (Å²) in [5.41, 5.74) is 1.31. The van der Waals surface area contributed by atoms with Gasteiger partial charge in [-0.1, -0.05) is 19.3 Å². The summed E-state index contributed by atoms with van der Waals surface area (Å²) in [5, 5.41) is 0. The number of hydrogen-bond acceptors (Lipinski definition) is 1. The van der Waals surface area contributed by atoms with E-state index in [1.807, 2.05) is 0 Å². The van der Waals surface area contributed by atoms with E-state index in [2.05, 4.69) is 4.98 Å². The molecule has 0 saturated heterocycles. The number of nitrogens with one attached hydrogen (secondary N) is 1. The third kappa shape index (κ3) is 1.77. The van der Waals surface area contributed by atoms with Gasteiger partial charge in [0.15, 0.2) is 0 Å². The van der Waals surface area contributed by atoms with Gasteiger partial charge >= 0.3 is 5.69 Å². The highest BCUT2D eigenvalue weighted by Gasteiger charge is 2.19. The van der Waals surface area contributed by atoms with Crippen molar-refractivity contribution in [1.82, 2.24) is 9.55 Å². The fourth-order valence-electron chi connectivity index (χ4n) is 2.80. The molecule has 4 heteroatoms. The number of benzene rings is 1. The third-order valence-corrected chi connectivity index (χ3v) is 3.62. The van der Waals surface area contributed by atoms with Gasteiger partial charge in [-0.15, -0.1) is 0 Å². The van der Waals surface area contributed by atoms with E-state index in [9.17, 15) is 9.18 Å². The molecule has 17 heavy (non-hydrogen) atoms. The van der Waals surface area contributed by atoms with Crippen LogP contribution in [0.2, 0.25) is 0 Å². The van der Waals surface area contributed by atoms with Crippen LogP contribution in [0.1, 0.15) is 38.1 Å². The van der Waals surface area contributed by atoms with Crippen LogP contribution in [0.15, 0.2) is 23.0 Å². The summed E-state index contributed by atoms with van der Waals surface area (Å²) >= 11 is 0. The molecule has 1 N–H and O–H groups in total. The number of fused-ring (bicyclic) bond motifs is 1. The Morgan fingerprint density at radius 1 is 1.24 bits per heavy atom. The van der Waals surface area contributed by atoms with Crippen LogP contribution < -0.4 is 5.69 Å². The van der Waals surface area contributed by atoms with Crippen LogP contribution in [0.4, 0.5) is 4.39 Å². The molecule has 3 rings (SSSR count). The Morgan fingerprint density at radius 3 is 2.76 bits per heavy atom. The molecule has 0 unspecified atom stereocenters. The average Bonchev–Trinajstić information content (AvgIpc) is 2.65. The number of imidazole rings is 1. The Labute approximate surface area is 98.3 Å². The molecule has 90 valence electrons. The normalized spacial score (nSPS) is 17.7. The lowest BCUT2D eigenvalue weighted by molar-refractivity contribution is 0.353. The summed E-state index contributed by atoms with van der Waals surface area (Å²) in [6.45, 7) is 0. The first-order valence-electron chi connectivity index (χ1n) is 6.15. The van der Waals surface area contributed by atoms with Crippen molar-refractivity contribution in [3.63, 3.8) is 0 Å². The van der Waals surface area contributed by atoms with Gasteiger partial charge in [-0.05, 0) is 31.0 Å². The summed E-state index contributed by atoms with van der Waals surface area (Å²) < 4.78 is 15.0. The summed E-state index contributed by atoms with van der Waals surface area (Å²) in [7, 11) is 0. The molecule has 0 bridgehead atoms. The molecule has 2 aromatic rings. The van der Waals surface area contributed by atoms with E-state index in [4.69, 9.17) is 0 Å². The lowest BCUT2D eigenvalue weighted by atomic mass is 9.95. The van der Waals surface area contributed by atoms with Crippen molar-refractivity contribution in [1.29, 1.82) is 0 Å². The van der Waals surface area contributed by atoms with E-state index in [0.717, 1.165) is 31.2 Å². The second kappa shape index (κ2) is 4.02. The van der Waals surface area contributed by atoms with E-state index in [0.29, 0.717) is 5.52 Å². The average molecular weight is 234 g/mol. The summed E-state index contributed by atoms with van der Waals surface area (Å²) in [6, 6.07) is 4.68. The number of halogens is 1. The predicted molar refractivity (Wildman–Crippen MR) is 64.6 cm³/mol. The minimum Gasteiger partial charge on any atom is -0.306 e. The van der Waals surface area contributed by atoms with E-state index >= 15 is 0 Å². The Balaban J connectivity index is 2.16. The van der Waals surface area contributed by atoms with Crippen LogP contribution in [0.25, 0.3) is 11.0 Å². The van der Waals surface area contributed by atoms with Gasteiger partial charge in [0, 0.05) is 6.04 Å². The molecule has 1 aromatic carbocycles. The summed E-state index contributed by atoms with van der Waals surface area (Å²) in [6.07, 6.45) is 5.58. The fourth-order valence-corrected chi connectivity index (χ4v) is 2.80. The quantitative estimate of drug-likeness (QED) is 0.809. The second-order valence-electron chi connectivity index (χ2n) is 4.75. The van der Waals surface area contributed by atoms with Gasteiger partial charge in [0.2, 0.25) is 0 Å². The molecule has 0 spiro atoms. The minimum atomic E-state index is -0.291. The second-order valence-corrected chi connectivity index (χ2v) is 4.75. The zero-order valence-corrected chi connectivity index (χ0v) is 9.58. The predicted octanol–water partition coefficient (Wildman–Crippen LogP) is 2.97. The highest BCUT2D eigenvalue weighted by atomic mass is 19.1. The molecule has 1 fully saturated rings. The smallest absolute Gasteiger partial charge is 0.306 e. The van der Waals surface area contributed by atoms with Gasteiger partial charge < -0.3 is 4.98 Å². The molecular weight excluding hydrogens is 219 g/mol. The molecular formula is C13H15FN2O. The van der Waals surface area contributed by atoms with Gasteiger partial charge in [0.25, 0.3) is 0 Å². The number of nitrogens with zero attached hydrogens (tertiary/aromatic N) is 1. The van der Waals surface area contributed by atoms with Crippen LogP contribution in [0.5, 0.6) is 0 Å². The Kier molecular flexibility index (Phi) is 2.50. The maximum atomic E-state index is 13.3. The molecule has 0 amide bonds. The van der Waals surface area contributed by atoms with Gasteiger partial charge in [-0.3, -0.25) is 4.57 Å². The molecule has 3 nitrogen and oxygen atoms in total. The van der Waals surface area contributed by atoms with Crippen molar-refractivity contribution in [2.75, 3.05) is 0 Å². The van der Waals surface area contributed by atoms with Crippen molar-refractivity contribution >= 4 is 11.0 Å². The molecule has 1 saturated carbocycles. The zero-order valence-electron chi connectivity index (χ0n) is 9.58. The van der Waals surface area contributed by atoms with Crippen LogP contribution in [-0.2, 0) is 0 Å². The van der Waals surface area contributed by atoms with Crippen LogP contribution in [-0.4, -0.2) is 9.55 Å². The summed E-state index contributed by atoms with van der Waals surface area (Å²) in [4.78, 5) is 14.7. The number of rotatable bonds is 1. The molecule has 0 radical (unpaired) electrons.